The van der Waals surface area contributed by atoms with Crippen molar-refractivity contribution in [1.29, 1.82) is 5.26 Å². The van der Waals surface area contributed by atoms with Gasteiger partial charge in [0, 0.05) is 5.39 Å². The highest BCUT2D eigenvalue weighted by atomic mass is 19.4. The number of benzene rings is 1. The number of fused-ring (bicyclic) bond motifs is 1. The average Bonchev–Trinajstić information content (AvgIpc) is 2.37. The Kier molecular flexibility index (Phi) is 3.25. The number of alkyl halides is 3. The minimum Gasteiger partial charge on any atom is -0.287 e. The Balaban J connectivity index is 2.50. The second kappa shape index (κ2) is 4.72. The van der Waals surface area contributed by atoms with Crippen LogP contribution in [-0.4, -0.2) is 16.0 Å². The normalized spacial score (nSPS) is 13.2. The Morgan fingerprint density at radius 1 is 1.37 bits per heavy atom. The van der Waals surface area contributed by atoms with E-state index in [1.165, 1.54) is 18.2 Å². The van der Waals surface area contributed by atoms with E-state index in [4.69, 9.17) is 5.26 Å². The summed E-state index contributed by atoms with van der Waals surface area (Å²) in [4.78, 5) is 11.5. The van der Waals surface area contributed by atoms with E-state index in [9.17, 15) is 18.0 Å². The van der Waals surface area contributed by atoms with Crippen molar-refractivity contribution in [3.8, 4) is 6.07 Å². The second-order valence-electron chi connectivity index (χ2n) is 3.93. The van der Waals surface area contributed by atoms with Crippen LogP contribution in [0.5, 0.6) is 0 Å². The molecule has 1 unspecified atom stereocenters. The van der Waals surface area contributed by atoms with Gasteiger partial charge in [-0.15, -0.1) is 0 Å². The summed E-state index contributed by atoms with van der Waals surface area (Å²) in [5.41, 5.74) is -0.0909. The molecule has 0 aliphatic heterocycles. The Morgan fingerprint density at radius 3 is 2.68 bits per heavy atom. The first-order chi connectivity index (χ1) is 8.93. The standard InChI is InChI=1S/C12H8F3N3O/c13-12(14,15)8(5-16)7-18-10-4-2-1-3-9(10)11(19)6-17-18/h1-4,6,8H,7H2. The molecule has 7 heteroatoms. The summed E-state index contributed by atoms with van der Waals surface area (Å²) in [7, 11) is 0. The van der Waals surface area contributed by atoms with Gasteiger partial charge < -0.3 is 0 Å². The molecule has 0 saturated carbocycles. The Bertz CT molecular complexity index is 700. The first-order valence-corrected chi connectivity index (χ1v) is 5.34. The fraction of sp³-hybridized carbons (Fsp3) is 0.250. The number of aromatic nitrogens is 2. The van der Waals surface area contributed by atoms with Gasteiger partial charge in [-0.1, -0.05) is 12.1 Å². The van der Waals surface area contributed by atoms with Crippen LogP contribution in [0.15, 0.2) is 35.3 Å². The van der Waals surface area contributed by atoms with Crippen LogP contribution in [0.3, 0.4) is 0 Å². The quantitative estimate of drug-likeness (QED) is 0.837. The van der Waals surface area contributed by atoms with Gasteiger partial charge in [0.25, 0.3) is 0 Å². The average molecular weight is 267 g/mol. The van der Waals surface area contributed by atoms with Crippen LogP contribution in [-0.2, 0) is 6.54 Å². The fourth-order valence-electron chi connectivity index (χ4n) is 1.70. The van der Waals surface area contributed by atoms with Crippen LogP contribution < -0.4 is 5.43 Å². The number of nitriles is 1. The topological polar surface area (TPSA) is 58.7 Å². The van der Waals surface area contributed by atoms with Gasteiger partial charge in [0.15, 0.2) is 5.92 Å². The smallest absolute Gasteiger partial charge is 0.287 e. The molecule has 98 valence electrons. The largest absolute Gasteiger partial charge is 0.406 e. The molecular formula is C12H8F3N3O. The van der Waals surface area contributed by atoms with Crippen LogP contribution in [0.25, 0.3) is 10.9 Å². The van der Waals surface area contributed by atoms with E-state index in [1.54, 1.807) is 12.1 Å². The number of hydrogen-bond donors (Lipinski definition) is 0. The van der Waals surface area contributed by atoms with Crippen LogP contribution in [0.1, 0.15) is 0 Å². The summed E-state index contributed by atoms with van der Waals surface area (Å²) in [6.07, 6.45) is -3.67. The maximum Gasteiger partial charge on any atom is 0.406 e. The third kappa shape index (κ3) is 2.57. The molecule has 0 aliphatic carbocycles. The lowest BCUT2D eigenvalue weighted by Gasteiger charge is -2.15. The highest BCUT2D eigenvalue weighted by Crippen LogP contribution is 2.27. The Labute approximate surface area is 105 Å². The lowest BCUT2D eigenvalue weighted by molar-refractivity contribution is -0.162. The molecule has 19 heavy (non-hydrogen) atoms. The van der Waals surface area contributed by atoms with Gasteiger partial charge >= 0.3 is 6.18 Å². The molecule has 0 bridgehead atoms. The molecule has 0 spiro atoms. The van der Waals surface area contributed by atoms with E-state index in [0.29, 0.717) is 0 Å². The Morgan fingerprint density at radius 2 is 2.05 bits per heavy atom. The maximum absolute atomic E-state index is 12.6. The summed E-state index contributed by atoms with van der Waals surface area (Å²) >= 11 is 0. The van der Waals surface area contributed by atoms with Gasteiger partial charge in [-0.2, -0.15) is 23.5 Å². The van der Waals surface area contributed by atoms with Crippen molar-refractivity contribution < 1.29 is 13.2 Å². The third-order valence-electron chi connectivity index (χ3n) is 2.67. The summed E-state index contributed by atoms with van der Waals surface area (Å²) in [5.74, 6) is -2.16. The van der Waals surface area contributed by atoms with Crippen LogP contribution >= 0.6 is 0 Å². The zero-order valence-electron chi connectivity index (χ0n) is 9.55. The molecule has 0 fully saturated rings. The molecule has 2 aromatic rings. The molecule has 4 nitrogen and oxygen atoms in total. The number of halogens is 3. The first-order valence-electron chi connectivity index (χ1n) is 5.34. The monoisotopic (exact) mass is 267 g/mol. The van der Waals surface area contributed by atoms with Gasteiger partial charge in [0.1, 0.15) is 0 Å². The SMILES string of the molecule is N#CC(Cn1ncc(=O)c2ccccc21)C(F)(F)F. The lowest BCUT2D eigenvalue weighted by atomic mass is 10.1. The molecule has 1 atom stereocenters. The van der Waals surface area contributed by atoms with Crippen LogP contribution in [0.2, 0.25) is 0 Å². The van der Waals surface area contributed by atoms with Gasteiger partial charge in [-0.05, 0) is 12.1 Å². The molecule has 1 heterocycles. The van der Waals surface area contributed by atoms with Crippen molar-refractivity contribution in [2.24, 2.45) is 5.92 Å². The van der Waals surface area contributed by atoms with E-state index >= 15 is 0 Å². The molecule has 0 saturated heterocycles. The van der Waals surface area contributed by atoms with Gasteiger partial charge in [0.2, 0.25) is 5.43 Å². The minimum atomic E-state index is -4.62. The third-order valence-corrected chi connectivity index (χ3v) is 2.67. The number of rotatable bonds is 2. The van der Waals surface area contributed by atoms with E-state index in [0.717, 1.165) is 10.9 Å². The summed E-state index contributed by atoms with van der Waals surface area (Å²) < 4.78 is 38.7. The predicted molar refractivity (Wildman–Crippen MR) is 61.2 cm³/mol. The Hall–Kier alpha value is -2.36. The molecule has 1 aromatic carbocycles. The number of nitrogens with zero attached hydrogens (tertiary/aromatic N) is 3. The highest BCUT2D eigenvalue weighted by Gasteiger charge is 2.40. The number of para-hydroxylation sites is 1. The summed E-state index contributed by atoms with van der Waals surface area (Å²) in [6.45, 7) is -0.638. The predicted octanol–water partition coefficient (Wildman–Crippen LogP) is 2.10. The maximum atomic E-state index is 12.6. The van der Waals surface area contributed by atoms with Crippen molar-refractivity contribution in [2.75, 3.05) is 0 Å². The molecule has 0 N–H and O–H groups in total. The van der Waals surface area contributed by atoms with Gasteiger partial charge in [-0.25, -0.2) is 0 Å². The zero-order valence-corrected chi connectivity index (χ0v) is 9.55. The number of hydrogen-bond acceptors (Lipinski definition) is 3. The minimum absolute atomic E-state index is 0.274. The lowest BCUT2D eigenvalue weighted by Crippen LogP contribution is -2.27. The summed E-state index contributed by atoms with van der Waals surface area (Å²) in [5, 5.41) is 12.5. The van der Waals surface area contributed by atoms with Gasteiger partial charge in [0.05, 0.1) is 24.3 Å². The van der Waals surface area contributed by atoms with Crippen molar-refractivity contribution >= 4 is 10.9 Å². The first kappa shape index (κ1) is 13.1. The van der Waals surface area contributed by atoms with Crippen molar-refractivity contribution in [2.45, 2.75) is 12.7 Å². The van der Waals surface area contributed by atoms with Crippen molar-refractivity contribution in [1.82, 2.24) is 9.78 Å². The van der Waals surface area contributed by atoms with E-state index in [-0.39, 0.29) is 16.3 Å². The fourth-order valence-corrected chi connectivity index (χ4v) is 1.70. The van der Waals surface area contributed by atoms with E-state index in [1.807, 2.05) is 0 Å². The molecule has 0 aliphatic rings. The zero-order chi connectivity index (χ0) is 14.0. The summed E-state index contributed by atoms with van der Waals surface area (Å²) in [6, 6.07) is 7.41. The van der Waals surface area contributed by atoms with Crippen LogP contribution in [0.4, 0.5) is 13.2 Å². The van der Waals surface area contributed by atoms with Crippen molar-refractivity contribution in [3.63, 3.8) is 0 Å². The van der Waals surface area contributed by atoms with Crippen LogP contribution in [0, 0.1) is 17.2 Å². The van der Waals surface area contributed by atoms with E-state index in [2.05, 4.69) is 5.10 Å². The van der Waals surface area contributed by atoms with Gasteiger partial charge in [-0.3, -0.25) is 9.48 Å². The second-order valence-corrected chi connectivity index (χ2v) is 3.93. The van der Waals surface area contributed by atoms with Crippen molar-refractivity contribution in [3.05, 3.63) is 40.7 Å². The molecule has 2 rings (SSSR count). The van der Waals surface area contributed by atoms with E-state index < -0.39 is 18.6 Å². The molecule has 1 aromatic heterocycles. The highest BCUT2D eigenvalue weighted by molar-refractivity contribution is 5.77. The molecular weight excluding hydrogens is 259 g/mol. The molecule has 0 radical (unpaired) electrons. The molecule has 0 amide bonds.